The van der Waals surface area contributed by atoms with Gasteiger partial charge in [0.2, 0.25) is 0 Å². The summed E-state index contributed by atoms with van der Waals surface area (Å²) < 4.78 is 73.1. The van der Waals surface area contributed by atoms with Gasteiger partial charge in [0.1, 0.15) is 45.2 Å². The van der Waals surface area contributed by atoms with E-state index in [1.807, 2.05) is 36.1 Å². The van der Waals surface area contributed by atoms with Crippen molar-refractivity contribution in [1.82, 2.24) is 27.8 Å². The molecule has 0 unspecified atom stereocenters. The molecule has 4 heterocycles. The van der Waals surface area contributed by atoms with Crippen molar-refractivity contribution in [3.8, 4) is 24.3 Å². The predicted octanol–water partition coefficient (Wildman–Crippen LogP) is 9.29. The molecular weight excluding hydrogens is 1440 g/mol. The molecule has 0 amide bonds. The number of nitriles is 4. The number of benzene rings is 5. The van der Waals surface area contributed by atoms with E-state index in [-0.39, 0.29) is 75.1 Å². The standard InChI is InChI=1S/C18H20FN5O2.C13H9ClFN3O2.C8H5BrFN.C8H6FN.C7H6BrF.C5H5ClN2O2.CN.BHNS.Cu/c1-22-17(25)8-16(23-6-2-3-15(21)11-23)24(18(22)26)10-13-7-14(19)5-4-12(13)9-20;1-17-12(19)5-11(14)18(13(17)20)7-9-4-10(15)3-2-8(9)6-16;9-4-7-3-8(10)2-1-6(7)5-11;1-6-4-8(9)3-2-7(6)5-10;1-5-4-6(9)2-3-7(5)8;1-8-4(9)2-3(6)7-5(8)10;1-2;1-2-3;/h4-5,7-8,15H,2-3,6,10-11,21H2,1H3;2-5H,7H2,1H3;1-3H,4H2;2-4H,1H3;2-4H,1H3;2H,1H3,(H,7,10);;3H;/q;;;;;;-1;;+1/t15-;;;;;;;;/m1......../s1. The Labute approximate surface area is 567 Å². The van der Waals surface area contributed by atoms with Crippen LogP contribution in [0.1, 0.15) is 62.9 Å². The summed E-state index contributed by atoms with van der Waals surface area (Å²) in [6.07, 6.45) is 1.74. The fourth-order valence-electron chi connectivity index (χ4n) is 7.69. The Hall–Kier alpha value is -8.73. The molecule has 1 saturated heterocycles. The van der Waals surface area contributed by atoms with Crippen molar-refractivity contribution >= 4 is 81.3 Å². The van der Waals surface area contributed by atoms with Gasteiger partial charge >= 0.3 is 58.9 Å². The molecular formula is C60H52BBr2Cl2CuF5N14O6S. The van der Waals surface area contributed by atoms with Crippen LogP contribution >= 0.6 is 67.9 Å². The minimum atomic E-state index is -0.629. The number of nitrogens with two attached hydrogens (primary N) is 1. The molecule has 1 aliphatic heterocycles. The van der Waals surface area contributed by atoms with Crippen LogP contribution < -0.4 is 44.4 Å². The van der Waals surface area contributed by atoms with E-state index in [1.54, 1.807) is 13.0 Å². The maximum absolute atomic E-state index is 13.7. The number of alkyl halides is 1. The van der Waals surface area contributed by atoms with Gasteiger partial charge in [-0.1, -0.05) is 55.1 Å². The van der Waals surface area contributed by atoms with E-state index in [0.29, 0.717) is 57.6 Å². The zero-order valence-corrected chi connectivity index (χ0v) is 55.6. The van der Waals surface area contributed by atoms with Gasteiger partial charge in [0.25, 0.3) is 16.7 Å². The molecule has 3 N–H and O–H groups in total. The van der Waals surface area contributed by atoms with Crippen LogP contribution in [-0.4, -0.2) is 54.6 Å². The summed E-state index contributed by atoms with van der Waals surface area (Å²) in [7, 11) is 8.42. The van der Waals surface area contributed by atoms with Crippen LogP contribution in [0.2, 0.25) is 10.3 Å². The topological polar surface area (TPSA) is 303 Å². The third kappa shape index (κ3) is 25.2. The molecule has 32 heteroatoms. The zero-order valence-electron chi connectivity index (χ0n) is 49.0. The maximum atomic E-state index is 13.7. The van der Waals surface area contributed by atoms with Crippen LogP contribution in [0, 0.1) is 100 Å². The van der Waals surface area contributed by atoms with E-state index < -0.39 is 45.4 Å². The van der Waals surface area contributed by atoms with Crippen molar-refractivity contribution in [2.75, 3.05) is 18.0 Å². The monoisotopic (exact) mass is 1490 g/mol. The van der Waals surface area contributed by atoms with Crippen molar-refractivity contribution in [2.45, 2.75) is 51.2 Å². The van der Waals surface area contributed by atoms with Crippen LogP contribution in [0.25, 0.3) is 0 Å². The molecule has 481 valence electrons. The van der Waals surface area contributed by atoms with Gasteiger partial charge in [-0.05, 0) is 146 Å². The molecule has 8 aromatic rings. The predicted molar refractivity (Wildman–Crippen MR) is 345 cm³/mol. The molecule has 92 heavy (non-hydrogen) atoms. The number of thiol groups is 1. The van der Waals surface area contributed by atoms with Crippen LogP contribution in [0.5, 0.6) is 0 Å². The number of hydrogen-bond donors (Lipinski definition) is 3. The summed E-state index contributed by atoms with van der Waals surface area (Å²) in [5, 5.41) is 42.0. The third-order valence-electron chi connectivity index (χ3n) is 12.4. The number of H-pyrrole nitrogens is 1. The van der Waals surface area contributed by atoms with Crippen molar-refractivity contribution in [3.63, 3.8) is 0 Å². The molecule has 1 fully saturated rings. The van der Waals surface area contributed by atoms with Crippen LogP contribution in [0.3, 0.4) is 0 Å². The maximum Gasteiger partial charge on any atom is 1.00 e. The fraction of sp³-hybridized carbons (Fsp3) is 0.217. The number of nitrogens with one attached hydrogen (secondary N) is 1. The van der Waals surface area contributed by atoms with E-state index in [4.69, 9.17) is 56.6 Å². The first-order chi connectivity index (χ1) is 43.1. The SMILES string of the molecule is Cc1cc(F)ccc1Br.Cc1cc(F)ccc1C#N.Cn1c(=O)cc(Cl)[nH]c1=O.Cn1c(=O)cc(Cl)n(Cc2cc(F)ccc2C#N)c1=O.Cn1c(=O)cc(N2CCC[C@@H](N)C2)n(Cc2cc(F)ccc2C#N)c1=O.N#Cc1ccc(F)cc1CBr.[B]=NS.[C-]#N.[Cu+]. The van der Waals surface area contributed by atoms with Gasteiger partial charge in [-0.25, -0.2) is 36.3 Å². The molecule has 0 saturated carbocycles. The zero-order chi connectivity index (χ0) is 68.8. The number of aromatic amines is 1. The Bertz CT molecular complexity index is 4440. The molecule has 5 aromatic carbocycles. The number of halogens is 9. The van der Waals surface area contributed by atoms with Crippen LogP contribution in [-0.2, 0) is 56.6 Å². The second-order valence-corrected chi connectivity index (χ2v) is 21.1. The number of aryl methyl sites for hydroxylation is 2. The molecule has 0 aliphatic carbocycles. The van der Waals surface area contributed by atoms with Gasteiger partial charge in [0, 0.05) is 68.3 Å². The quantitative estimate of drug-likeness (QED) is 0.0349. The first kappa shape index (κ1) is 81.3. The molecule has 0 bridgehead atoms. The molecule has 1 aliphatic rings. The summed E-state index contributed by atoms with van der Waals surface area (Å²) in [4.78, 5) is 73.8. The van der Waals surface area contributed by atoms with Gasteiger partial charge in [-0.3, -0.25) is 42.2 Å². The van der Waals surface area contributed by atoms with Crippen molar-refractivity contribution in [1.29, 1.82) is 26.3 Å². The van der Waals surface area contributed by atoms with Gasteiger partial charge in [0.15, 0.2) is 0 Å². The van der Waals surface area contributed by atoms with Crippen LogP contribution in [0.15, 0.2) is 147 Å². The summed E-state index contributed by atoms with van der Waals surface area (Å²) in [6, 6.07) is 31.8. The normalized spacial score (nSPS) is 11.3. The Kier molecular flexibility index (Phi) is 36.1. The summed E-state index contributed by atoms with van der Waals surface area (Å²) in [5.74, 6) is -1.35. The Morgan fingerprint density at radius 1 is 0.630 bits per heavy atom. The minimum absolute atomic E-state index is 0. The van der Waals surface area contributed by atoms with Crippen molar-refractivity contribution in [3.05, 3.63) is 272 Å². The second kappa shape index (κ2) is 40.9. The number of aromatic nitrogens is 6. The van der Waals surface area contributed by atoms with Gasteiger partial charge < -0.3 is 22.5 Å². The van der Waals surface area contributed by atoms with Crippen molar-refractivity contribution in [2.24, 2.45) is 31.2 Å². The number of anilines is 1. The van der Waals surface area contributed by atoms with E-state index in [9.17, 15) is 56.0 Å². The third-order valence-corrected chi connectivity index (χ3v) is 14.4. The molecule has 1 atom stereocenters. The average molecular weight is 1500 g/mol. The van der Waals surface area contributed by atoms with E-state index in [2.05, 4.69) is 61.6 Å². The number of hydrogen-bond acceptors (Lipinski definition) is 15. The average Bonchev–Trinajstić information content (AvgIpc) is 0.801. The molecule has 0 spiro atoms. The smallest absolute Gasteiger partial charge is 0.512 e. The molecule has 3 aromatic heterocycles. The Morgan fingerprint density at radius 2 is 1.02 bits per heavy atom. The van der Waals surface area contributed by atoms with Gasteiger partial charge in [0.05, 0.1) is 59.6 Å². The minimum Gasteiger partial charge on any atom is -0.512 e. The van der Waals surface area contributed by atoms with Gasteiger partial charge in [-0.15, -0.1) is 0 Å². The van der Waals surface area contributed by atoms with E-state index in [0.717, 1.165) is 65.4 Å². The van der Waals surface area contributed by atoms with Gasteiger partial charge in [-0.2, -0.15) is 21.0 Å². The first-order valence-corrected chi connectivity index (χ1v) is 28.8. The van der Waals surface area contributed by atoms with Crippen molar-refractivity contribution < 1.29 is 39.0 Å². The molecule has 20 nitrogen and oxygen atoms in total. The Balaban J connectivity index is 0.000000569. The number of piperidine rings is 1. The molecule has 1 radical (unpaired) electrons. The summed E-state index contributed by atoms with van der Waals surface area (Å²) >= 11 is 20.8. The van der Waals surface area contributed by atoms with Crippen LogP contribution in [0.4, 0.5) is 27.8 Å². The largest absolute Gasteiger partial charge is 1.00 e. The van der Waals surface area contributed by atoms with E-state index in [1.165, 1.54) is 105 Å². The Morgan fingerprint density at radius 3 is 1.45 bits per heavy atom. The molecule has 9 rings (SSSR count). The number of rotatable bonds is 6. The number of nitrogens with zero attached hydrogens (tertiary/aromatic N) is 12. The first-order valence-electron chi connectivity index (χ1n) is 25.8. The summed E-state index contributed by atoms with van der Waals surface area (Å²) in [5.41, 5.74) is 7.60. The second-order valence-electron chi connectivity index (χ2n) is 18.6. The van der Waals surface area contributed by atoms with E-state index >= 15 is 0 Å². The summed E-state index contributed by atoms with van der Waals surface area (Å²) in [6.45, 7) is 9.42. The fourth-order valence-corrected chi connectivity index (χ4v) is 8.80.